The van der Waals surface area contributed by atoms with E-state index in [0.29, 0.717) is 11.0 Å². The molecule has 1 aromatic rings. The fourth-order valence-electron chi connectivity index (χ4n) is 3.47. The van der Waals surface area contributed by atoms with Gasteiger partial charge in [-0.05, 0) is 43.7 Å². The predicted molar refractivity (Wildman–Crippen MR) is 77.8 cm³/mol. The fourth-order valence-corrected chi connectivity index (χ4v) is 3.59. The number of nitrogens with zero attached hydrogens (tertiary/aromatic N) is 2. The summed E-state index contributed by atoms with van der Waals surface area (Å²) in [5.74, 6) is 1.92. The molecule has 96 valence electrons. The molecule has 3 nitrogen and oxygen atoms in total. The number of rotatable bonds is 2. The lowest BCUT2D eigenvalue weighted by atomic mass is 9.92. The molecule has 1 aliphatic heterocycles. The molecule has 0 radical (unpaired) electrons. The van der Waals surface area contributed by atoms with Gasteiger partial charge in [0, 0.05) is 24.3 Å². The number of fused-ring (bicyclic) bond motifs is 1. The Kier molecular flexibility index (Phi) is 3.20. The molecule has 1 saturated heterocycles. The highest BCUT2D eigenvalue weighted by Gasteiger charge is 2.35. The molecule has 0 aromatic carbocycles. The second-order valence-corrected chi connectivity index (χ2v) is 5.80. The molecule has 3 rings (SSSR count). The zero-order valence-electron chi connectivity index (χ0n) is 10.5. The number of anilines is 1. The summed E-state index contributed by atoms with van der Waals surface area (Å²) < 4.78 is 0. The minimum atomic E-state index is 0.457. The molecule has 18 heavy (non-hydrogen) atoms. The molecule has 0 bridgehead atoms. The molecule has 0 spiro atoms. The summed E-state index contributed by atoms with van der Waals surface area (Å²) in [7, 11) is 0. The number of hydrogen-bond acceptors (Lipinski definition) is 3. The SMILES string of the molecule is NC(=S)c1ccnc(N2CCCC3CCCC32)c1. The van der Waals surface area contributed by atoms with Gasteiger partial charge in [-0.3, -0.25) is 0 Å². The van der Waals surface area contributed by atoms with E-state index in [9.17, 15) is 0 Å². The molecule has 2 atom stereocenters. The second-order valence-electron chi connectivity index (χ2n) is 5.36. The van der Waals surface area contributed by atoms with Crippen molar-refractivity contribution in [3.63, 3.8) is 0 Å². The van der Waals surface area contributed by atoms with Crippen LogP contribution in [0.25, 0.3) is 0 Å². The molecule has 2 fully saturated rings. The first-order valence-electron chi connectivity index (χ1n) is 6.78. The summed E-state index contributed by atoms with van der Waals surface area (Å²) in [6.07, 6.45) is 8.54. The maximum absolute atomic E-state index is 5.70. The summed E-state index contributed by atoms with van der Waals surface area (Å²) >= 11 is 5.05. The third-order valence-electron chi connectivity index (χ3n) is 4.32. The average molecular weight is 261 g/mol. The van der Waals surface area contributed by atoms with Crippen molar-refractivity contribution in [1.29, 1.82) is 0 Å². The lowest BCUT2D eigenvalue weighted by Crippen LogP contribution is -2.43. The maximum atomic E-state index is 5.70. The van der Waals surface area contributed by atoms with E-state index in [2.05, 4.69) is 9.88 Å². The van der Waals surface area contributed by atoms with E-state index in [0.717, 1.165) is 23.8 Å². The monoisotopic (exact) mass is 261 g/mol. The maximum Gasteiger partial charge on any atom is 0.129 e. The largest absolute Gasteiger partial charge is 0.389 e. The highest BCUT2D eigenvalue weighted by Crippen LogP contribution is 2.38. The molecular weight excluding hydrogens is 242 g/mol. The van der Waals surface area contributed by atoms with Crippen molar-refractivity contribution in [1.82, 2.24) is 4.98 Å². The number of nitrogens with two attached hydrogens (primary N) is 1. The van der Waals surface area contributed by atoms with Gasteiger partial charge in [-0.1, -0.05) is 18.6 Å². The molecule has 2 heterocycles. The van der Waals surface area contributed by atoms with Gasteiger partial charge in [-0.25, -0.2) is 4.98 Å². The molecule has 0 amide bonds. The quantitative estimate of drug-likeness (QED) is 0.831. The van der Waals surface area contributed by atoms with Gasteiger partial charge in [-0.15, -0.1) is 0 Å². The van der Waals surface area contributed by atoms with Crippen molar-refractivity contribution < 1.29 is 0 Å². The smallest absolute Gasteiger partial charge is 0.129 e. The van der Waals surface area contributed by atoms with Crippen LogP contribution in [0.5, 0.6) is 0 Å². The molecule has 2 N–H and O–H groups in total. The van der Waals surface area contributed by atoms with Gasteiger partial charge in [0.25, 0.3) is 0 Å². The van der Waals surface area contributed by atoms with Gasteiger partial charge in [-0.2, -0.15) is 0 Å². The third kappa shape index (κ3) is 2.09. The Hall–Kier alpha value is -1.16. The van der Waals surface area contributed by atoms with Gasteiger partial charge >= 0.3 is 0 Å². The van der Waals surface area contributed by atoms with Crippen molar-refractivity contribution in [3.8, 4) is 0 Å². The molecule has 1 aliphatic carbocycles. The standard InChI is InChI=1S/C14H19N3S/c15-14(18)11-6-7-16-13(9-11)17-8-2-4-10-3-1-5-12(10)17/h6-7,9-10,12H,1-5,8H2,(H2,15,18). The average Bonchev–Trinajstić information content (AvgIpc) is 2.87. The summed E-state index contributed by atoms with van der Waals surface area (Å²) in [4.78, 5) is 7.45. The Labute approximate surface area is 113 Å². The highest BCUT2D eigenvalue weighted by atomic mass is 32.1. The van der Waals surface area contributed by atoms with Crippen molar-refractivity contribution in [2.45, 2.75) is 38.1 Å². The van der Waals surface area contributed by atoms with E-state index >= 15 is 0 Å². The van der Waals surface area contributed by atoms with E-state index in [-0.39, 0.29) is 0 Å². The Morgan fingerprint density at radius 3 is 3.00 bits per heavy atom. The molecule has 1 aromatic heterocycles. The van der Waals surface area contributed by atoms with Crippen LogP contribution in [-0.2, 0) is 0 Å². The topological polar surface area (TPSA) is 42.1 Å². The van der Waals surface area contributed by atoms with Crippen molar-refractivity contribution >= 4 is 23.0 Å². The third-order valence-corrected chi connectivity index (χ3v) is 4.55. The van der Waals surface area contributed by atoms with E-state index in [1.807, 2.05) is 18.3 Å². The minimum Gasteiger partial charge on any atom is -0.389 e. The van der Waals surface area contributed by atoms with E-state index in [1.54, 1.807) is 0 Å². The van der Waals surface area contributed by atoms with Crippen LogP contribution >= 0.6 is 12.2 Å². The van der Waals surface area contributed by atoms with Crippen LogP contribution in [0.4, 0.5) is 5.82 Å². The molecule has 4 heteroatoms. The zero-order chi connectivity index (χ0) is 12.5. The molecule has 2 unspecified atom stereocenters. The van der Waals surface area contributed by atoms with Crippen LogP contribution in [0, 0.1) is 5.92 Å². The minimum absolute atomic E-state index is 0.457. The summed E-state index contributed by atoms with van der Waals surface area (Å²) in [6.45, 7) is 1.12. The van der Waals surface area contributed by atoms with Crippen LogP contribution in [0.15, 0.2) is 18.3 Å². The van der Waals surface area contributed by atoms with E-state index in [4.69, 9.17) is 18.0 Å². The zero-order valence-corrected chi connectivity index (χ0v) is 11.3. The Morgan fingerprint density at radius 2 is 2.17 bits per heavy atom. The summed E-state index contributed by atoms with van der Waals surface area (Å²) in [5.41, 5.74) is 6.63. The number of aromatic nitrogens is 1. The van der Waals surface area contributed by atoms with Crippen LogP contribution in [0.3, 0.4) is 0 Å². The van der Waals surface area contributed by atoms with Crippen molar-refractivity contribution in [3.05, 3.63) is 23.9 Å². The van der Waals surface area contributed by atoms with Gasteiger partial charge in [0.2, 0.25) is 0 Å². The van der Waals surface area contributed by atoms with Crippen LogP contribution in [0.2, 0.25) is 0 Å². The van der Waals surface area contributed by atoms with Gasteiger partial charge in [0.1, 0.15) is 10.8 Å². The number of pyridine rings is 1. The normalized spacial score (nSPS) is 27.0. The van der Waals surface area contributed by atoms with Crippen molar-refractivity contribution in [2.24, 2.45) is 11.7 Å². The first kappa shape index (κ1) is 11.9. The van der Waals surface area contributed by atoms with Gasteiger partial charge in [0.05, 0.1) is 0 Å². The first-order valence-corrected chi connectivity index (χ1v) is 7.19. The first-order chi connectivity index (χ1) is 8.75. The second kappa shape index (κ2) is 4.84. The van der Waals surface area contributed by atoms with E-state index < -0.39 is 0 Å². The number of hydrogen-bond donors (Lipinski definition) is 1. The predicted octanol–water partition coefficient (Wildman–Crippen LogP) is 2.48. The lowest BCUT2D eigenvalue weighted by Gasteiger charge is -2.38. The van der Waals surface area contributed by atoms with Gasteiger partial charge in [0.15, 0.2) is 0 Å². The highest BCUT2D eigenvalue weighted by molar-refractivity contribution is 7.80. The van der Waals surface area contributed by atoms with Crippen LogP contribution in [0.1, 0.15) is 37.7 Å². The Bertz CT molecular complexity index is 460. The lowest BCUT2D eigenvalue weighted by molar-refractivity contribution is 0.360. The molecule has 2 aliphatic rings. The summed E-state index contributed by atoms with van der Waals surface area (Å²) in [5, 5.41) is 0. The Balaban J connectivity index is 1.89. The Morgan fingerprint density at radius 1 is 1.33 bits per heavy atom. The van der Waals surface area contributed by atoms with Crippen LogP contribution in [-0.4, -0.2) is 22.6 Å². The van der Waals surface area contributed by atoms with E-state index in [1.165, 1.54) is 32.1 Å². The molecular formula is C14H19N3S. The number of piperidine rings is 1. The van der Waals surface area contributed by atoms with Crippen molar-refractivity contribution in [2.75, 3.05) is 11.4 Å². The fraction of sp³-hybridized carbons (Fsp3) is 0.571. The number of thiocarbonyl (C=S) groups is 1. The summed E-state index contributed by atoms with van der Waals surface area (Å²) in [6, 6.07) is 4.62. The van der Waals surface area contributed by atoms with Gasteiger partial charge < -0.3 is 10.6 Å². The van der Waals surface area contributed by atoms with Crippen LogP contribution < -0.4 is 10.6 Å². The molecule has 1 saturated carbocycles.